The van der Waals surface area contributed by atoms with Gasteiger partial charge in [-0.15, -0.1) is 0 Å². The molecule has 1 fully saturated rings. The molecule has 0 aromatic heterocycles. The molecule has 0 aromatic rings. The SMILES string of the molecule is C1=CC2=C3C=CC4=C5CCCCC5CCC4C3CCC2CC1. The molecular formula is C22H28. The molecule has 0 saturated heterocycles. The number of hydrogen-bond acceptors (Lipinski definition) is 0. The van der Waals surface area contributed by atoms with Crippen molar-refractivity contribution in [2.45, 2.75) is 64.2 Å². The molecule has 116 valence electrons. The number of hydrogen-bond donors (Lipinski definition) is 0. The van der Waals surface area contributed by atoms with Crippen LogP contribution in [0.4, 0.5) is 0 Å². The fraction of sp³-hybridized carbons (Fsp3) is 0.636. The van der Waals surface area contributed by atoms with Crippen LogP contribution in [0.1, 0.15) is 64.2 Å². The van der Waals surface area contributed by atoms with E-state index in [2.05, 4.69) is 24.3 Å². The summed E-state index contributed by atoms with van der Waals surface area (Å²) in [6.45, 7) is 0. The Morgan fingerprint density at radius 2 is 1.45 bits per heavy atom. The predicted molar refractivity (Wildman–Crippen MR) is 92.5 cm³/mol. The van der Waals surface area contributed by atoms with Crippen LogP contribution in [0, 0.1) is 23.7 Å². The Balaban J connectivity index is 1.60. The minimum absolute atomic E-state index is 0.851. The van der Waals surface area contributed by atoms with Crippen LogP contribution in [0.25, 0.3) is 0 Å². The molecule has 5 rings (SSSR count). The molecule has 4 atom stereocenters. The van der Waals surface area contributed by atoms with E-state index in [9.17, 15) is 0 Å². The first kappa shape index (κ1) is 13.4. The highest BCUT2D eigenvalue weighted by Crippen LogP contribution is 2.53. The highest BCUT2D eigenvalue weighted by molar-refractivity contribution is 5.49. The molecule has 1 saturated carbocycles. The lowest BCUT2D eigenvalue weighted by molar-refractivity contribution is 0.273. The van der Waals surface area contributed by atoms with Gasteiger partial charge in [0.1, 0.15) is 0 Å². The summed E-state index contributed by atoms with van der Waals surface area (Å²) in [7, 11) is 0. The average molecular weight is 292 g/mol. The van der Waals surface area contributed by atoms with E-state index >= 15 is 0 Å². The van der Waals surface area contributed by atoms with E-state index in [1.54, 1.807) is 16.7 Å². The van der Waals surface area contributed by atoms with Crippen LogP contribution in [0.5, 0.6) is 0 Å². The zero-order valence-corrected chi connectivity index (χ0v) is 13.7. The van der Waals surface area contributed by atoms with Crippen molar-refractivity contribution in [3.8, 4) is 0 Å². The van der Waals surface area contributed by atoms with Crippen molar-refractivity contribution in [3.05, 3.63) is 46.6 Å². The summed E-state index contributed by atoms with van der Waals surface area (Å²) in [5.74, 6) is 3.54. The third-order valence-electron chi connectivity index (χ3n) is 7.24. The summed E-state index contributed by atoms with van der Waals surface area (Å²) in [6, 6.07) is 0. The topological polar surface area (TPSA) is 0 Å². The van der Waals surface area contributed by atoms with Crippen molar-refractivity contribution >= 4 is 0 Å². The monoisotopic (exact) mass is 292 g/mol. The first-order valence-corrected chi connectivity index (χ1v) is 9.73. The van der Waals surface area contributed by atoms with Crippen LogP contribution >= 0.6 is 0 Å². The van der Waals surface area contributed by atoms with Gasteiger partial charge in [-0.3, -0.25) is 0 Å². The first-order valence-electron chi connectivity index (χ1n) is 9.73. The van der Waals surface area contributed by atoms with Gasteiger partial charge in [0, 0.05) is 0 Å². The van der Waals surface area contributed by atoms with Gasteiger partial charge in [0.05, 0.1) is 0 Å². The summed E-state index contributed by atoms with van der Waals surface area (Å²) in [6.07, 6.45) is 24.3. The molecule has 22 heavy (non-hydrogen) atoms. The molecule has 0 amide bonds. The molecule has 0 nitrogen and oxygen atoms in total. The normalized spacial score (nSPS) is 40.0. The fourth-order valence-electron chi connectivity index (χ4n) is 6.20. The maximum atomic E-state index is 2.56. The maximum absolute atomic E-state index is 2.56. The van der Waals surface area contributed by atoms with E-state index in [1.807, 2.05) is 5.57 Å². The van der Waals surface area contributed by atoms with Crippen LogP contribution in [-0.4, -0.2) is 0 Å². The Bertz CT molecular complexity index is 598. The van der Waals surface area contributed by atoms with E-state index in [4.69, 9.17) is 0 Å². The molecule has 0 aliphatic heterocycles. The minimum atomic E-state index is 0.851. The molecule has 0 bridgehead atoms. The Morgan fingerprint density at radius 1 is 0.636 bits per heavy atom. The van der Waals surface area contributed by atoms with Gasteiger partial charge in [-0.05, 0) is 98.2 Å². The summed E-state index contributed by atoms with van der Waals surface area (Å²) < 4.78 is 0. The Labute approximate surface area is 135 Å². The van der Waals surface area contributed by atoms with Crippen LogP contribution in [-0.2, 0) is 0 Å². The Kier molecular flexibility index (Phi) is 3.20. The molecular weight excluding hydrogens is 264 g/mol. The first-order chi connectivity index (χ1) is 10.9. The number of rotatable bonds is 0. The van der Waals surface area contributed by atoms with Crippen molar-refractivity contribution in [1.29, 1.82) is 0 Å². The molecule has 0 heterocycles. The molecule has 0 spiro atoms. The van der Waals surface area contributed by atoms with Gasteiger partial charge < -0.3 is 0 Å². The standard InChI is InChI=1S/C22H28/c1-3-7-17-15(5-1)9-11-21-19(17)13-14-20-18-8-4-2-6-16(18)10-12-22(20)21/h3,7,13-16,21-22H,1-2,4-6,8-12H2. The van der Waals surface area contributed by atoms with Gasteiger partial charge in [-0.25, -0.2) is 0 Å². The van der Waals surface area contributed by atoms with Crippen molar-refractivity contribution in [2.75, 3.05) is 0 Å². The molecule has 0 N–H and O–H groups in total. The summed E-state index contributed by atoms with van der Waals surface area (Å²) >= 11 is 0. The molecule has 4 unspecified atom stereocenters. The fourth-order valence-corrected chi connectivity index (χ4v) is 6.20. The third kappa shape index (κ3) is 1.95. The van der Waals surface area contributed by atoms with Gasteiger partial charge in [-0.2, -0.15) is 0 Å². The highest BCUT2D eigenvalue weighted by atomic mass is 14.4. The van der Waals surface area contributed by atoms with Gasteiger partial charge in [0.25, 0.3) is 0 Å². The predicted octanol–water partition coefficient (Wildman–Crippen LogP) is 6.13. The summed E-state index contributed by atoms with van der Waals surface area (Å²) in [4.78, 5) is 0. The largest absolute Gasteiger partial charge is 0.0842 e. The smallest absolute Gasteiger partial charge is 0.00900 e. The van der Waals surface area contributed by atoms with Crippen molar-refractivity contribution in [2.24, 2.45) is 23.7 Å². The lowest BCUT2D eigenvalue weighted by Crippen LogP contribution is -2.33. The van der Waals surface area contributed by atoms with E-state index < -0.39 is 0 Å². The molecule has 5 aliphatic rings. The summed E-state index contributed by atoms with van der Waals surface area (Å²) in [5.41, 5.74) is 7.12. The second-order valence-corrected chi connectivity index (χ2v) is 8.21. The lowest BCUT2D eigenvalue weighted by atomic mass is 9.60. The quantitative estimate of drug-likeness (QED) is 0.504. The van der Waals surface area contributed by atoms with Crippen LogP contribution < -0.4 is 0 Å². The number of allylic oxidation sites excluding steroid dienone is 8. The molecule has 0 aromatic carbocycles. The number of fused-ring (bicyclic) bond motifs is 5. The van der Waals surface area contributed by atoms with Gasteiger partial charge >= 0.3 is 0 Å². The van der Waals surface area contributed by atoms with Crippen molar-refractivity contribution in [1.82, 2.24) is 0 Å². The highest BCUT2D eigenvalue weighted by Gasteiger charge is 2.40. The zero-order valence-electron chi connectivity index (χ0n) is 13.7. The second-order valence-electron chi connectivity index (χ2n) is 8.21. The Morgan fingerprint density at radius 3 is 2.41 bits per heavy atom. The lowest BCUT2D eigenvalue weighted by Gasteiger charge is -2.45. The molecule has 0 heteroatoms. The zero-order chi connectivity index (χ0) is 14.5. The van der Waals surface area contributed by atoms with E-state index in [-0.39, 0.29) is 0 Å². The molecule has 0 radical (unpaired) electrons. The van der Waals surface area contributed by atoms with Crippen LogP contribution in [0.2, 0.25) is 0 Å². The minimum Gasteiger partial charge on any atom is -0.0842 e. The van der Waals surface area contributed by atoms with Crippen molar-refractivity contribution in [3.63, 3.8) is 0 Å². The van der Waals surface area contributed by atoms with E-state index in [0.29, 0.717) is 0 Å². The van der Waals surface area contributed by atoms with Crippen LogP contribution in [0.15, 0.2) is 46.6 Å². The second kappa shape index (κ2) is 5.25. The Hall–Kier alpha value is -1.04. The van der Waals surface area contributed by atoms with Gasteiger partial charge in [-0.1, -0.05) is 36.3 Å². The van der Waals surface area contributed by atoms with Gasteiger partial charge in [0.15, 0.2) is 0 Å². The average Bonchev–Trinajstić information content (AvgIpc) is 2.60. The maximum Gasteiger partial charge on any atom is -0.00900 e. The van der Waals surface area contributed by atoms with E-state index in [1.165, 1.54) is 64.2 Å². The van der Waals surface area contributed by atoms with Gasteiger partial charge in [0.2, 0.25) is 0 Å². The van der Waals surface area contributed by atoms with E-state index in [0.717, 1.165) is 23.7 Å². The van der Waals surface area contributed by atoms with Crippen LogP contribution in [0.3, 0.4) is 0 Å². The van der Waals surface area contributed by atoms with Crippen molar-refractivity contribution < 1.29 is 0 Å². The molecule has 5 aliphatic carbocycles. The summed E-state index contributed by atoms with van der Waals surface area (Å²) in [5, 5.41) is 0. The third-order valence-corrected chi connectivity index (χ3v) is 7.24.